The molecule has 4 rings (SSSR count). The number of nitrogens with zero attached hydrogens (tertiary/aromatic N) is 3. The normalized spacial score (nSPS) is 15.9. The second-order valence-electron chi connectivity index (χ2n) is 9.96. The van der Waals surface area contributed by atoms with Gasteiger partial charge in [0.2, 0.25) is 0 Å². The van der Waals surface area contributed by atoms with Gasteiger partial charge >= 0.3 is 0 Å². The second-order valence-corrected chi connectivity index (χ2v) is 9.96. The van der Waals surface area contributed by atoms with Gasteiger partial charge in [0, 0.05) is 23.7 Å². The van der Waals surface area contributed by atoms with Crippen molar-refractivity contribution in [1.82, 2.24) is 4.98 Å². The molecule has 2 heterocycles. The Bertz CT molecular complexity index is 1140. The van der Waals surface area contributed by atoms with E-state index in [2.05, 4.69) is 120 Å². The van der Waals surface area contributed by atoms with Crippen molar-refractivity contribution in [1.29, 1.82) is 0 Å². The fourth-order valence-corrected chi connectivity index (χ4v) is 5.05. The van der Waals surface area contributed by atoms with E-state index >= 15 is 0 Å². The smallest absolute Gasteiger partial charge is 0.107 e. The van der Waals surface area contributed by atoms with E-state index in [0.29, 0.717) is 11.8 Å². The molecule has 0 amide bonds. The molecule has 3 heteroatoms. The van der Waals surface area contributed by atoms with Crippen LogP contribution in [0.4, 0.5) is 11.4 Å². The SMILES string of the molecule is Cc1cc(-c2c(C)cccc2C)ncc1N1C=CN(c2c(C(C)C)cccc2C(C)C)[C@H]1C. The summed E-state index contributed by atoms with van der Waals surface area (Å²) in [6.45, 7) is 17.9. The minimum Gasteiger partial charge on any atom is -0.325 e. The van der Waals surface area contributed by atoms with Crippen LogP contribution in [0.5, 0.6) is 0 Å². The van der Waals surface area contributed by atoms with Crippen molar-refractivity contribution < 1.29 is 0 Å². The lowest BCUT2D eigenvalue weighted by Crippen LogP contribution is -2.37. The van der Waals surface area contributed by atoms with E-state index in [1.807, 2.05) is 6.20 Å². The fourth-order valence-electron chi connectivity index (χ4n) is 5.05. The number of hydrogen-bond acceptors (Lipinski definition) is 3. The predicted molar refractivity (Wildman–Crippen MR) is 142 cm³/mol. The molecule has 2 aromatic carbocycles. The largest absolute Gasteiger partial charge is 0.325 e. The molecule has 1 aliphatic rings. The van der Waals surface area contributed by atoms with E-state index in [4.69, 9.17) is 4.98 Å². The predicted octanol–water partition coefficient (Wildman–Crippen LogP) is 8.06. The number of benzene rings is 2. The standard InChI is InChI=1S/C30H37N3/c1-19(2)25-13-10-14-26(20(3)4)30(25)33-16-15-32(24(33)8)28-18-31-27(17-23(28)7)29-21(5)11-9-12-22(29)6/h9-20,24H,1-8H3/t24-/m0/s1. The molecule has 0 saturated carbocycles. The molecule has 0 fully saturated rings. The zero-order valence-electron chi connectivity index (χ0n) is 21.3. The van der Waals surface area contributed by atoms with Crippen LogP contribution in [0.3, 0.4) is 0 Å². The summed E-state index contributed by atoms with van der Waals surface area (Å²) >= 11 is 0. The molecule has 0 aliphatic carbocycles. The van der Waals surface area contributed by atoms with Gasteiger partial charge in [-0.25, -0.2) is 0 Å². The van der Waals surface area contributed by atoms with Gasteiger partial charge in [0.1, 0.15) is 6.17 Å². The molecule has 0 radical (unpaired) electrons. The monoisotopic (exact) mass is 439 g/mol. The Balaban J connectivity index is 1.71. The van der Waals surface area contributed by atoms with Gasteiger partial charge in [0.15, 0.2) is 0 Å². The highest BCUT2D eigenvalue weighted by molar-refractivity contribution is 5.73. The van der Waals surface area contributed by atoms with Crippen LogP contribution in [-0.2, 0) is 0 Å². The van der Waals surface area contributed by atoms with E-state index in [9.17, 15) is 0 Å². The summed E-state index contributed by atoms with van der Waals surface area (Å²) in [5.74, 6) is 0.932. The summed E-state index contributed by atoms with van der Waals surface area (Å²) in [7, 11) is 0. The minimum atomic E-state index is 0.175. The number of aryl methyl sites for hydroxylation is 3. The first-order valence-corrected chi connectivity index (χ1v) is 12.1. The maximum atomic E-state index is 4.91. The lowest BCUT2D eigenvalue weighted by molar-refractivity contribution is 0.726. The summed E-state index contributed by atoms with van der Waals surface area (Å²) in [5.41, 5.74) is 11.4. The van der Waals surface area contributed by atoms with Crippen LogP contribution in [0.1, 0.15) is 74.3 Å². The van der Waals surface area contributed by atoms with Crippen LogP contribution in [0.25, 0.3) is 11.3 Å². The number of hydrogen-bond donors (Lipinski definition) is 0. The van der Waals surface area contributed by atoms with Gasteiger partial charge in [0.25, 0.3) is 0 Å². The van der Waals surface area contributed by atoms with Crippen LogP contribution in [0.2, 0.25) is 0 Å². The van der Waals surface area contributed by atoms with Crippen LogP contribution in [-0.4, -0.2) is 11.1 Å². The molecular weight excluding hydrogens is 402 g/mol. The van der Waals surface area contributed by atoms with Crippen molar-refractivity contribution in [3.8, 4) is 11.3 Å². The Morgan fingerprint density at radius 3 is 1.85 bits per heavy atom. The van der Waals surface area contributed by atoms with Gasteiger partial charge in [-0.15, -0.1) is 0 Å². The third kappa shape index (κ3) is 4.17. The Morgan fingerprint density at radius 1 is 0.758 bits per heavy atom. The number of aromatic nitrogens is 1. The Morgan fingerprint density at radius 2 is 1.30 bits per heavy atom. The van der Waals surface area contributed by atoms with Crippen LogP contribution in [0, 0.1) is 20.8 Å². The highest BCUT2D eigenvalue weighted by Crippen LogP contribution is 2.40. The van der Waals surface area contributed by atoms with E-state index in [1.54, 1.807) is 0 Å². The molecule has 172 valence electrons. The molecule has 1 atom stereocenters. The first kappa shape index (κ1) is 23.1. The van der Waals surface area contributed by atoms with Crippen molar-refractivity contribution in [3.05, 3.63) is 88.9 Å². The van der Waals surface area contributed by atoms with Crippen molar-refractivity contribution in [2.45, 2.75) is 73.4 Å². The van der Waals surface area contributed by atoms with Crippen LogP contribution in [0.15, 0.2) is 61.1 Å². The number of anilines is 2. The first-order valence-electron chi connectivity index (χ1n) is 12.1. The van der Waals surface area contributed by atoms with Crippen LogP contribution < -0.4 is 9.80 Å². The minimum absolute atomic E-state index is 0.175. The van der Waals surface area contributed by atoms with Crippen molar-refractivity contribution in [2.24, 2.45) is 0 Å². The average Bonchev–Trinajstić information content (AvgIpc) is 3.13. The molecule has 33 heavy (non-hydrogen) atoms. The summed E-state index contributed by atoms with van der Waals surface area (Å²) < 4.78 is 0. The first-order chi connectivity index (χ1) is 15.7. The summed E-state index contributed by atoms with van der Waals surface area (Å²) in [6.07, 6.45) is 6.65. The van der Waals surface area contributed by atoms with Gasteiger partial charge in [-0.05, 0) is 73.4 Å². The van der Waals surface area contributed by atoms with E-state index in [-0.39, 0.29) is 6.17 Å². The van der Waals surface area contributed by atoms with Crippen molar-refractivity contribution in [2.75, 3.05) is 9.80 Å². The lowest BCUT2D eigenvalue weighted by Gasteiger charge is -2.34. The summed E-state index contributed by atoms with van der Waals surface area (Å²) in [5, 5.41) is 0. The zero-order valence-corrected chi connectivity index (χ0v) is 21.3. The number of pyridine rings is 1. The zero-order chi connectivity index (χ0) is 23.9. The van der Waals surface area contributed by atoms with Crippen molar-refractivity contribution >= 4 is 11.4 Å². The van der Waals surface area contributed by atoms with Gasteiger partial charge in [-0.3, -0.25) is 4.98 Å². The van der Waals surface area contributed by atoms with Gasteiger partial charge in [0.05, 0.1) is 17.6 Å². The van der Waals surface area contributed by atoms with Gasteiger partial charge in [-0.2, -0.15) is 0 Å². The second kappa shape index (κ2) is 9.05. The van der Waals surface area contributed by atoms with Gasteiger partial charge < -0.3 is 9.80 Å². The maximum absolute atomic E-state index is 4.91. The third-order valence-electron chi connectivity index (χ3n) is 6.89. The fraction of sp³-hybridized carbons (Fsp3) is 0.367. The highest BCUT2D eigenvalue weighted by Gasteiger charge is 2.29. The maximum Gasteiger partial charge on any atom is 0.107 e. The quantitative estimate of drug-likeness (QED) is 0.401. The van der Waals surface area contributed by atoms with Crippen molar-refractivity contribution in [3.63, 3.8) is 0 Å². The molecule has 0 unspecified atom stereocenters. The molecule has 0 saturated heterocycles. The van der Waals surface area contributed by atoms with E-state index in [0.717, 1.165) is 11.4 Å². The lowest BCUT2D eigenvalue weighted by atomic mass is 9.92. The highest BCUT2D eigenvalue weighted by atomic mass is 15.4. The molecule has 0 N–H and O–H groups in total. The van der Waals surface area contributed by atoms with Crippen LogP contribution >= 0.6 is 0 Å². The molecule has 3 aromatic rings. The third-order valence-corrected chi connectivity index (χ3v) is 6.89. The molecular formula is C30H37N3. The number of para-hydroxylation sites is 1. The topological polar surface area (TPSA) is 19.4 Å². The molecule has 0 bridgehead atoms. The van der Waals surface area contributed by atoms with Gasteiger partial charge in [-0.1, -0.05) is 64.1 Å². The molecule has 0 spiro atoms. The average molecular weight is 440 g/mol. The Labute approximate surface area is 199 Å². The molecule has 3 nitrogen and oxygen atoms in total. The molecule has 1 aromatic heterocycles. The summed E-state index contributed by atoms with van der Waals surface area (Å²) in [6, 6.07) is 15.4. The van der Waals surface area contributed by atoms with E-state index < -0.39 is 0 Å². The molecule has 1 aliphatic heterocycles. The Kier molecular flexibility index (Phi) is 6.34. The number of rotatable bonds is 5. The van der Waals surface area contributed by atoms with E-state index in [1.165, 1.54) is 39.1 Å². The Hall–Kier alpha value is -3.07. The summed E-state index contributed by atoms with van der Waals surface area (Å²) in [4.78, 5) is 9.69.